The first-order chi connectivity index (χ1) is 10.3. The first kappa shape index (κ1) is 12.2. The van der Waals surface area contributed by atoms with Crippen LogP contribution in [0.15, 0.2) is 30.3 Å². The molecule has 0 bridgehead atoms. The van der Waals surface area contributed by atoms with Crippen LogP contribution in [0.25, 0.3) is 22.6 Å². The van der Waals surface area contributed by atoms with E-state index in [1.807, 2.05) is 12.1 Å². The first-order valence-corrected chi connectivity index (χ1v) is 7.11. The lowest BCUT2D eigenvalue weighted by Crippen LogP contribution is -2.11. The minimum Gasteiger partial charge on any atom is -0.481 e. The number of aromatic nitrogens is 3. The number of rotatable bonds is 2. The zero-order valence-electron chi connectivity index (χ0n) is 11.8. The SMILES string of the molecule is COc1ccc2[nH]c(-c3ccc4c(c3)CCCN4)nc2n1. The smallest absolute Gasteiger partial charge is 0.215 e. The summed E-state index contributed by atoms with van der Waals surface area (Å²) in [6.45, 7) is 1.06. The van der Waals surface area contributed by atoms with Gasteiger partial charge < -0.3 is 15.0 Å². The predicted octanol–water partition coefficient (Wildman–Crippen LogP) is 2.99. The van der Waals surface area contributed by atoms with Gasteiger partial charge in [0, 0.05) is 23.9 Å². The number of aromatic amines is 1. The van der Waals surface area contributed by atoms with E-state index in [-0.39, 0.29) is 0 Å². The Bertz CT molecular complexity index is 809. The lowest BCUT2D eigenvalue weighted by Gasteiger charge is -2.18. The van der Waals surface area contributed by atoms with Crippen molar-refractivity contribution in [3.63, 3.8) is 0 Å². The van der Waals surface area contributed by atoms with Crippen LogP contribution in [0.4, 0.5) is 5.69 Å². The number of imidazole rings is 1. The maximum absolute atomic E-state index is 5.14. The van der Waals surface area contributed by atoms with Crippen molar-refractivity contribution >= 4 is 16.9 Å². The van der Waals surface area contributed by atoms with Gasteiger partial charge in [0.15, 0.2) is 5.65 Å². The summed E-state index contributed by atoms with van der Waals surface area (Å²) in [5.41, 5.74) is 5.28. The zero-order chi connectivity index (χ0) is 14.2. The predicted molar refractivity (Wildman–Crippen MR) is 82.7 cm³/mol. The van der Waals surface area contributed by atoms with E-state index in [0.717, 1.165) is 29.9 Å². The van der Waals surface area contributed by atoms with Gasteiger partial charge in [0.25, 0.3) is 0 Å². The number of hydrogen-bond donors (Lipinski definition) is 2. The molecule has 0 atom stereocenters. The molecule has 1 aliphatic heterocycles. The number of fused-ring (bicyclic) bond motifs is 2. The second-order valence-electron chi connectivity index (χ2n) is 5.21. The topological polar surface area (TPSA) is 62.8 Å². The monoisotopic (exact) mass is 280 g/mol. The molecule has 3 aromatic rings. The van der Waals surface area contributed by atoms with E-state index >= 15 is 0 Å². The zero-order valence-corrected chi connectivity index (χ0v) is 11.8. The van der Waals surface area contributed by atoms with E-state index in [1.165, 1.54) is 17.7 Å². The summed E-state index contributed by atoms with van der Waals surface area (Å²) in [5.74, 6) is 1.43. The summed E-state index contributed by atoms with van der Waals surface area (Å²) >= 11 is 0. The molecule has 1 aromatic carbocycles. The molecule has 3 heterocycles. The molecule has 2 aromatic heterocycles. The molecule has 4 rings (SSSR count). The molecule has 5 nitrogen and oxygen atoms in total. The van der Waals surface area contributed by atoms with Crippen LogP contribution >= 0.6 is 0 Å². The van der Waals surface area contributed by atoms with Gasteiger partial charge in [-0.2, -0.15) is 4.98 Å². The highest BCUT2D eigenvalue weighted by atomic mass is 16.5. The number of ether oxygens (including phenoxy) is 1. The van der Waals surface area contributed by atoms with Crippen LogP contribution in [-0.4, -0.2) is 28.6 Å². The molecule has 106 valence electrons. The molecule has 0 radical (unpaired) electrons. The minimum atomic E-state index is 0.579. The number of methoxy groups -OCH3 is 1. The van der Waals surface area contributed by atoms with Crippen LogP contribution in [0.3, 0.4) is 0 Å². The number of nitrogens with zero attached hydrogens (tertiary/aromatic N) is 2. The Kier molecular flexibility index (Phi) is 2.77. The third kappa shape index (κ3) is 2.11. The average molecular weight is 280 g/mol. The van der Waals surface area contributed by atoms with Crippen molar-refractivity contribution in [3.8, 4) is 17.3 Å². The Balaban J connectivity index is 1.78. The molecule has 2 N–H and O–H groups in total. The van der Waals surface area contributed by atoms with E-state index in [1.54, 1.807) is 7.11 Å². The Labute approximate surface area is 122 Å². The van der Waals surface area contributed by atoms with Crippen molar-refractivity contribution in [3.05, 3.63) is 35.9 Å². The number of nitrogens with one attached hydrogen (secondary N) is 2. The van der Waals surface area contributed by atoms with Gasteiger partial charge >= 0.3 is 0 Å². The van der Waals surface area contributed by atoms with Gasteiger partial charge in [-0.25, -0.2) is 4.98 Å². The fourth-order valence-corrected chi connectivity index (χ4v) is 2.75. The maximum atomic E-state index is 5.14. The fourth-order valence-electron chi connectivity index (χ4n) is 2.75. The third-order valence-corrected chi connectivity index (χ3v) is 3.85. The van der Waals surface area contributed by atoms with E-state index in [9.17, 15) is 0 Å². The Morgan fingerprint density at radius 2 is 2.10 bits per heavy atom. The van der Waals surface area contributed by atoms with Crippen LogP contribution in [0.2, 0.25) is 0 Å². The van der Waals surface area contributed by atoms with Gasteiger partial charge in [-0.05, 0) is 42.7 Å². The van der Waals surface area contributed by atoms with Crippen LogP contribution < -0.4 is 10.1 Å². The summed E-state index contributed by atoms with van der Waals surface area (Å²) in [6.07, 6.45) is 2.29. The normalized spacial score (nSPS) is 13.8. The van der Waals surface area contributed by atoms with Gasteiger partial charge in [-0.1, -0.05) is 0 Å². The average Bonchev–Trinajstić information content (AvgIpc) is 2.97. The van der Waals surface area contributed by atoms with Gasteiger partial charge in [0.2, 0.25) is 5.88 Å². The number of aryl methyl sites for hydroxylation is 1. The lowest BCUT2D eigenvalue weighted by molar-refractivity contribution is 0.399. The Morgan fingerprint density at radius 3 is 3.00 bits per heavy atom. The number of anilines is 1. The summed E-state index contributed by atoms with van der Waals surface area (Å²) < 4.78 is 5.14. The van der Waals surface area contributed by atoms with E-state index in [0.29, 0.717) is 11.5 Å². The molecule has 0 spiro atoms. The van der Waals surface area contributed by atoms with Crippen molar-refractivity contribution in [2.24, 2.45) is 0 Å². The van der Waals surface area contributed by atoms with Crippen LogP contribution in [0, 0.1) is 0 Å². The minimum absolute atomic E-state index is 0.579. The number of pyridine rings is 1. The van der Waals surface area contributed by atoms with Crippen molar-refractivity contribution < 1.29 is 4.74 Å². The van der Waals surface area contributed by atoms with Crippen molar-refractivity contribution in [1.82, 2.24) is 15.0 Å². The molecule has 0 aliphatic carbocycles. The quantitative estimate of drug-likeness (QED) is 0.757. The first-order valence-electron chi connectivity index (χ1n) is 7.11. The largest absolute Gasteiger partial charge is 0.481 e. The summed E-state index contributed by atoms with van der Waals surface area (Å²) in [4.78, 5) is 12.2. The second-order valence-corrected chi connectivity index (χ2v) is 5.21. The van der Waals surface area contributed by atoms with E-state index < -0.39 is 0 Å². The standard InChI is InChI=1S/C16H16N4O/c1-21-14-7-6-13-16(19-14)20-15(18-13)11-4-5-12-10(9-11)3-2-8-17-12/h4-7,9,17H,2-3,8H2,1H3,(H,18,19,20). The molecule has 0 saturated carbocycles. The number of benzene rings is 1. The molecule has 5 heteroatoms. The highest BCUT2D eigenvalue weighted by molar-refractivity contribution is 5.77. The summed E-state index contributed by atoms with van der Waals surface area (Å²) in [5, 5.41) is 3.42. The molecular formula is C16H16N4O. The molecule has 0 unspecified atom stereocenters. The van der Waals surface area contributed by atoms with E-state index in [4.69, 9.17) is 4.74 Å². The Morgan fingerprint density at radius 1 is 1.14 bits per heavy atom. The van der Waals surface area contributed by atoms with Crippen molar-refractivity contribution in [1.29, 1.82) is 0 Å². The van der Waals surface area contributed by atoms with Crippen LogP contribution in [0.5, 0.6) is 5.88 Å². The molecule has 0 fully saturated rings. The van der Waals surface area contributed by atoms with Gasteiger partial charge in [0.1, 0.15) is 5.82 Å². The summed E-state index contributed by atoms with van der Waals surface area (Å²) in [6, 6.07) is 10.2. The van der Waals surface area contributed by atoms with Crippen molar-refractivity contribution in [2.75, 3.05) is 19.0 Å². The van der Waals surface area contributed by atoms with E-state index in [2.05, 4.69) is 38.5 Å². The number of hydrogen-bond acceptors (Lipinski definition) is 4. The molecule has 1 aliphatic rings. The third-order valence-electron chi connectivity index (χ3n) is 3.85. The van der Waals surface area contributed by atoms with Crippen molar-refractivity contribution in [2.45, 2.75) is 12.8 Å². The number of H-pyrrole nitrogens is 1. The van der Waals surface area contributed by atoms with Crippen LogP contribution in [-0.2, 0) is 6.42 Å². The molecule has 0 saturated heterocycles. The van der Waals surface area contributed by atoms with Gasteiger partial charge in [-0.15, -0.1) is 0 Å². The highest BCUT2D eigenvalue weighted by Gasteiger charge is 2.12. The second kappa shape index (κ2) is 4.77. The summed E-state index contributed by atoms with van der Waals surface area (Å²) in [7, 11) is 1.61. The van der Waals surface area contributed by atoms with Crippen LogP contribution in [0.1, 0.15) is 12.0 Å². The van der Waals surface area contributed by atoms with Gasteiger partial charge in [-0.3, -0.25) is 0 Å². The Hall–Kier alpha value is -2.56. The molecule has 21 heavy (non-hydrogen) atoms. The molecular weight excluding hydrogens is 264 g/mol. The fraction of sp³-hybridized carbons (Fsp3) is 0.250. The lowest BCUT2D eigenvalue weighted by atomic mass is 10.0. The van der Waals surface area contributed by atoms with Gasteiger partial charge in [0.05, 0.1) is 12.6 Å². The highest BCUT2D eigenvalue weighted by Crippen LogP contribution is 2.28. The molecule has 0 amide bonds. The maximum Gasteiger partial charge on any atom is 0.215 e.